The largest absolute Gasteiger partial charge is 1.00 e. The topological polar surface area (TPSA) is 26.3 Å². The number of carbonyl (C=O) groups is 1. The lowest BCUT2D eigenvalue weighted by Gasteiger charge is -2.27. The molecular weight excluding hydrogens is 246 g/mol. The minimum atomic E-state index is -0.332. The van der Waals surface area contributed by atoms with Gasteiger partial charge in [-0.2, -0.15) is 0 Å². The molecule has 0 heterocycles. The van der Waals surface area contributed by atoms with Gasteiger partial charge in [-0.15, -0.1) is 0 Å². The van der Waals surface area contributed by atoms with E-state index in [2.05, 4.69) is 27.6 Å². The van der Waals surface area contributed by atoms with Gasteiger partial charge >= 0.3 is 5.97 Å². The molecule has 0 bridgehead atoms. The van der Waals surface area contributed by atoms with Crippen LogP contribution < -0.4 is 17.0 Å². The van der Waals surface area contributed by atoms with Gasteiger partial charge in [0.2, 0.25) is 0 Å². The predicted octanol–water partition coefficient (Wildman–Crippen LogP) is -1.79. The molecule has 0 amide bonds. The number of rotatable bonds is 6. The molecule has 0 atom stereocenters. The van der Waals surface area contributed by atoms with Crippen LogP contribution in [-0.2, 0) is 9.53 Å². The minimum Gasteiger partial charge on any atom is -1.00 e. The standard InChI is InChI=1S/C10H20NO2.BrH/c1-5-10(12)13-9-7-8-11(3,4)6-2;/h5H,1,6-9H2,2-4H3;1H/q+1;/p-1. The monoisotopic (exact) mass is 265 g/mol. The molecular formula is C10H20BrNO2. The maximum Gasteiger partial charge on any atom is 0.330 e. The molecule has 0 saturated carbocycles. The highest BCUT2D eigenvalue weighted by Crippen LogP contribution is 1.98. The Labute approximate surface area is 97.1 Å². The van der Waals surface area contributed by atoms with Crippen molar-refractivity contribution >= 4 is 5.97 Å². The van der Waals surface area contributed by atoms with Crippen LogP contribution in [-0.4, -0.2) is 44.2 Å². The van der Waals surface area contributed by atoms with E-state index in [1.54, 1.807) is 0 Å². The first-order valence-corrected chi connectivity index (χ1v) is 4.63. The highest BCUT2D eigenvalue weighted by Gasteiger charge is 2.10. The molecule has 0 saturated heterocycles. The van der Waals surface area contributed by atoms with Crippen molar-refractivity contribution in [3.05, 3.63) is 12.7 Å². The molecule has 4 heteroatoms. The lowest BCUT2D eigenvalue weighted by atomic mass is 10.3. The van der Waals surface area contributed by atoms with Crippen molar-refractivity contribution in [1.29, 1.82) is 0 Å². The van der Waals surface area contributed by atoms with Crippen molar-refractivity contribution in [3.8, 4) is 0 Å². The fourth-order valence-corrected chi connectivity index (χ4v) is 0.882. The summed E-state index contributed by atoms with van der Waals surface area (Å²) in [5, 5.41) is 0. The second-order valence-electron chi connectivity index (χ2n) is 3.70. The molecule has 0 unspecified atom stereocenters. The van der Waals surface area contributed by atoms with Crippen molar-refractivity contribution in [3.63, 3.8) is 0 Å². The average molecular weight is 266 g/mol. The molecule has 0 rings (SSSR count). The SMILES string of the molecule is C=CC(=O)OCCC[N+](C)(C)CC.[Br-]. The molecule has 0 fully saturated rings. The quantitative estimate of drug-likeness (QED) is 0.245. The Kier molecular flexibility index (Phi) is 9.20. The molecule has 0 radical (unpaired) electrons. The first-order valence-electron chi connectivity index (χ1n) is 4.63. The van der Waals surface area contributed by atoms with Gasteiger partial charge in [-0.05, 0) is 6.92 Å². The molecule has 0 aliphatic carbocycles. The molecule has 0 aromatic carbocycles. The Morgan fingerprint density at radius 2 is 2.07 bits per heavy atom. The number of nitrogens with zero attached hydrogens (tertiary/aromatic N) is 1. The van der Waals surface area contributed by atoms with Crippen LogP contribution in [0, 0.1) is 0 Å². The third-order valence-electron chi connectivity index (χ3n) is 2.17. The van der Waals surface area contributed by atoms with Gasteiger partial charge in [0.1, 0.15) is 0 Å². The number of hydrogen-bond donors (Lipinski definition) is 0. The van der Waals surface area contributed by atoms with Gasteiger partial charge < -0.3 is 26.2 Å². The summed E-state index contributed by atoms with van der Waals surface area (Å²) in [6, 6.07) is 0. The van der Waals surface area contributed by atoms with E-state index in [1.807, 2.05) is 0 Å². The third-order valence-corrected chi connectivity index (χ3v) is 2.17. The molecule has 84 valence electrons. The van der Waals surface area contributed by atoms with Crippen LogP contribution in [0.2, 0.25) is 0 Å². The van der Waals surface area contributed by atoms with Gasteiger partial charge in [-0.1, -0.05) is 6.58 Å². The van der Waals surface area contributed by atoms with Crippen LogP contribution in [0.25, 0.3) is 0 Å². The van der Waals surface area contributed by atoms with E-state index in [9.17, 15) is 4.79 Å². The van der Waals surface area contributed by atoms with Crippen LogP contribution >= 0.6 is 0 Å². The molecule has 3 nitrogen and oxygen atoms in total. The number of carbonyl (C=O) groups excluding carboxylic acids is 1. The molecule has 0 spiro atoms. The zero-order valence-electron chi connectivity index (χ0n) is 9.25. The number of halogens is 1. The van der Waals surface area contributed by atoms with Crippen LogP contribution in [0.3, 0.4) is 0 Å². The minimum absolute atomic E-state index is 0. The van der Waals surface area contributed by atoms with Gasteiger partial charge in [0.25, 0.3) is 0 Å². The summed E-state index contributed by atoms with van der Waals surface area (Å²) in [6.07, 6.45) is 2.10. The lowest BCUT2D eigenvalue weighted by molar-refractivity contribution is -0.888. The summed E-state index contributed by atoms with van der Waals surface area (Å²) in [5.41, 5.74) is 0. The lowest BCUT2D eigenvalue weighted by Crippen LogP contribution is -3.00. The second kappa shape index (κ2) is 8.00. The smallest absolute Gasteiger partial charge is 0.330 e. The van der Waals surface area contributed by atoms with Crippen LogP contribution in [0.15, 0.2) is 12.7 Å². The maximum absolute atomic E-state index is 10.7. The van der Waals surface area contributed by atoms with Gasteiger partial charge in [0.05, 0.1) is 33.8 Å². The molecule has 0 aromatic rings. The highest BCUT2D eigenvalue weighted by molar-refractivity contribution is 5.81. The van der Waals surface area contributed by atoms with Crippen molar-refractivity contribution in [2.24, 2.45) is 0 Å². The highest BCUT2D eigenvalue weighted by atomic mass is 79.9. The summed E-state index contributed by atoms with van der Waals surface area (Å²) >= 11 is 0. The number of hydrogen-bond acceptors (Lipinski definition) is 2. The summed E-state index contributed by atoms with van der Waals surface area (Å²) in [6.45, 7) is 8.09. The van der Waals surface area contributed by atoms with Gasteiger partial charge in [0, 0.05) is 12.5 Å². The Morgan fingerprint density at radius 3 is 2.50 bits per heavy atom. The summed E-state index contributed by atoms with van der Waals surface area (Å²) < 4.78 is 5.83. The van der Waals surface area contributed by atoms with Crippen molar-refractivity contribution in [2.75, 3.05) is 33.8 Å². The first-order chi connectivity index (χ1) is 6.02. The van der Waals surface area contributed by atoms with E-state index in [0.29, 0.717) is 6.61 Å². The second-order valence-corrected chi connectivity index (χ2v) is 3.70. The Morgan fingerprint density at radius 1 is 1.50 bits per heavy atom. The predicted molar refractivity (Wildman–Crippen MR) is 53.3 cm³/mol. The van der Waals surface area contributed by atoms with Crippen molar-refractivity contribution in [2.45, 2.75) is 13.3 Å². The first kappa shape index (κ1) is 16.1. The zero-order chi connectivity index (χ0) is 10.3. The molecule has 0 aliphatic rings. The number of ether oxygens (including phenoxy) is 1. The van der Waals surface area contributed by atoms with E-state index < -0.39 is 0 Å². The van der Waals surface area contributed by atoms with E-state index in [0.717, 1.165) is 24.0 Å². The van der Waals surface area contributed by atoms with E-state index in [4.69, 9.17) is 4.74 Å². The number of quaternary nitrogens is 1. The Hall–Kier alpha value is -0.350. The van der Waals surface area contributed by atoms with Gasteiger partial charge in [-0.25, -0.2) is 4.79 Å². The Balaban J connectivity index is 0. The van der Waals surface area contributed by atoms with Crippen LogP contribution in [0.5, 0.6) is 0 Å². The molecule has 0 aliphatic heterocycles. The fourth-order valence-electron chi connectivity index (χ4n) is 0.882. The molecule has 0 aromatic heterocycles. The van der Waals surface area contributed by atoms with Crippen LogP contribution in [0.1, 0.15) is 13.3 Å². The van der Waals surface area contributed by atoms with Crippen molar-refractivity contribution < 1.29 is 31.0 Å². The van der Waals surface area contributed by atoms with E-state index in [1.165, 1.54) is 6.08 Å². The van der Waals surface area contributed by atoms with Gasteiger partial charge in [0.15, 0.2) is 0 Å². The normalized spacial score (nSPS) is 10.2. The Bertz CT molecular complexity index is 181. The van der Waals surface area contributed by atoms with E-state index >= 15 is 0 Å². The molecule has 14 heavy (non-hydrogen) atoms. The van der Waals surface area contributed by atoms with Gasteiger partial charge in [-0.3, -0.25) is 0 Å². The zero-order valence-corrected chi connectivity index (χ0v) is 10.8. The van der Waals surface area contributed by atoms with E-state index in [-0.39, 0.29) is 23.0 Å². The summed E-state index contributed by atoms with van der Waals surface area (Å²) in [7, 11) is 4.32. The number of esters is 1. The maximum atomic E-state index is 10.7. The fraction of sp³-hybridized carbons (Fsp3) is 0.700. The molecule has 0 N–H and O–H groups in total. The van der Waals surface area contributed by atoms with Crippen molar-refractivity contribution in [1.82, 2.24) is 0 Å². The average Bonchev–Trinajstić information content (AvgIpc) is 2.12. The third kappa shape index (κ3) is 8.26. The summed E-state index contributed by atoms with van der Waals surface area (Å²) in [5.74, 6) is -0.332. The summed E-state index contributed by atoms with van der Waals surface area (Å²) in [4.78, 5) is 10.7. The van der Waals surface area contributed by atoms with Crippen LogP contribution in [0.4, 0.5) is 0 Å².